The van der Waals surface area contributed by atoms with Gasteiger partial charge < -0.3 is 5.32 Å². The van der Waals surface area contributed by atoms with Gasteiger partial charge in [-0.25, -0.2) is 0 Å². The van der Waals surface area contributed by atoms with Gasteiger partial charge in [0.25, 0.3) is 0 Å². The maximum Gasteiger partial charge on any atom is 0.0685 e. The zero-order valence-electron chi connectivity index (χ0n) is 10.8. The van der Waals surface area contributed by atoms with Gasteiger partial charge >= 0.3 is 0 Å². The average Bonchev–Trinajstić information content (AvgIpc) is 2.99. The van der Waals surface area contributed by atoms with E-state index in [1.165, 1.54) is 61.9 Å². The van der Waals surface area contributed by atoms with Crippen molar-refractivity contribution in [2.24, 2.45) is 0 Å². The number of aromatic nitrogens is 2. The van der Waals surface area contributed by atoms with Crippen LogP contribution in [0.4, 0.5) is 0 Å². The van der Waals surface area contributed by atoms with Crippen molar-refractivity contribution in [3.05, 3.63) is 17.0 Å². The fourth-order valence-corrected chi connectivity index (χ4v) is 3.47. The Hall–Kier alpha value is -0.830. The summed E-state index contributed by atoms with van der Waals surface area (Å²) >= 11 is 0. The minimum absolute atomic E-state index is 0.528. The molecule has 0 bridgehead atoms. The molecule has 94 valence electrons. The van der Waals surface area contributed by atoms with Crippen LogP contribution in [-0.2, 0) is 0 Å². The Balaban J connectivity index is 1.80. The first-order valence-corrected chi connectivity index (χ1v) is 7.14. The Kier molecular flexibility index (Phi) is 3.19. The molecule has 1 saturated heterocycles. The molecule has 1 saturated carbocycles. The van der Waals surface area contributed by atoms with Crippen LogP contribution in [0.25, 0.3) is 0 Å². The highest BCUT2D eigenvalue weighted by Crippen LogP contribution is 2.35. The van der Waals surface area contributed by atoms with Gasteiger partial charge in [-0.15, -0.1) is 0 Å². The summed E-state index contributed by atoms with van der Waals surface area (Å²) in [5, 5.41) is 11.5. The topological polar surface area (TPSA) is 40.7 Å². The molecule has 1 aliphatic heterocycles. The van der Waals surface area contributed by atoms with Gasteiger partial charge in [-0.2, -0.15) is 5.10 Å². The van der Waals surface area contributed by atoms with Crippen molar-refractivity contribution < 1.29 is 0 Å². The van der Waals surface area contributed by atoms with Gasteiger partial charge in [-0.05, 0) is 44.7 Å². The quantitative estimate of drug-likeness (QED) is 0.823. The molecule has 2 fully saturated rings. The number of aromatic amines is 1. The number of H-pyrrole nitrogens is 1. The van der Waals surface area contributed by atoms with E-state index in [0.717, 1.165) is 12.5 Å². The van der Waals surface area contributed by atoms with Crippen LogP contribution in [0, 0.1) is 6.92 Å². The Morgan fingerprint density at radius 3 is 2.59 bits per heavy atom. The predicted molar refractivity (Wildman–Crippen MR) is 69.1 cm³/mol. The van der Waals surface area contributed by atoms with Crippen molar-refractivity contribution >= 4 is 0 Å². The first kappa shape index (κ1) is 11.3. The molecule has 3 rings (SSSR count). The van der Waals surface area contributed by atoms with Gasteiger partial charge in [0.2, 0.25) is 0 Å². The SMILES string of the molecule is Cc1c(C2CCCCC2)n[nH]c1C1CCCN1. The number of rotatable bonds is 2. The molecule has 1 aliphatic carbocycles. The van der Waals surface area contributed by atoms with E-state index in [2.05, 4.69) is 22.4 Å². The lowest BCUT2D eigenvalue weighted by atomic mass is 9.85. The number of nitrogens with zero attached hydrogens (tertiary/aromatic N) is 1. The van der Waals surface area contributed by atoms with Crippen LogP contribution < -0.4 is 5.32 Å². The second-order valence-corrected chi connectivity index (χ2v) is 5.63. The first-order valence-electron chi connectivity index (χ1n) is 7.14. The lowest BCUT2D eigenvalue weighted by molar-refractivity contribution is 0.435. The summed E-state index contributed by atoms with van der Waals surface area (Å²) in [6.07, 6.45) is 9.40. The predicted octanol–water partition coefficient (Wildman–Crippen LogP) is 3.19. The van der Waals surface area contributed by atoms with Crippen LogP contribution in [0.2, 0.25) is 0 Å². The molecule has 17 heavy (non-hydrogen) atoms. The lowest BCUT2D eigenvalue weighted by Crippen LogP contribution is -2.14. The molecule has 3 heteroatoms. The standard InChI is InChI=1S/C14H23N3/c1-10-13(11-6-3-2-4-7-11)16-17-14(10)12-8-5-9-15-12/h11-12,15H,2-9H2,1H3,(H,16,17). The van der Waals surface area contributed by atoms with Crippen molar-refractivity contribution in [2.75, 3.05) is 6.54 Å². The number of hydrogen-bond acceptors (Lipinski definition) is 2. The summed E-state index contributed by atoms with van der Waals surface area (Å²) in [5.74, 6) is 0.718. The Labute approximate surface area is 103 Å². The van der Waals surface area contributed by atoms with Crippen molar-refractivity contribution in [1.29, 1.82) is 0 Å². The molecule has 3 nitrogen and oxygen atoms in total. The van der Waals surface area contributed by atoms with E-state index in [-0.39, 0.29) is 0 Å². The fourth-order valence-electron chi connectivity index (χ4n) is 3.47. The van der Waals surface area contributed by atoms with E-state index in [9.17, 15) is 0 Å². The van der Waals surface area contributed by atoms with Crippen molar-refractivity contribution in [1.82, 2.24) is 15.5 Å². The molecule has 0 spiro atoms. The largest absolute Gasteiger partial charge is 0.309 e. The Morgan fingerprint density at radius 1 is 1.06 bits per heavy atom. The molecule has 1 atom stereocenters. The van der Waals surface area contributed by atoms with Crippen LogP contribution in [0.3, 0.4) is 0 Å². The van der Waals surface area contributed by atoms with Gasteiger partial charge in [0.05, 0.1) is 11.4 Å². The van der Waals surface area contributed by atoms with E-state index in [0.29, 0.717) is 6.04 Å². The lowest BCUT2D eigenvalue weighted by Gasteiger charge is -2.20. The van der Waals surface area contributed by atoms with Gasteiger partial charge in [0, 0.05) is 12.0 Å². The van der Waals surface area contributed by atoms with Gasteiger partial charge in [0.1, 0.15) is 0 Å². The third-order valence-corrected chi connectivity index (χ3v) is 4.49. The van der Waals surface area contributed by atoms with E-state index in [4.69, 9.17) is 0 Å². The molecule has 2 aliphatic rings. The maximum absolute atomic E-state index is 4.62. The monoisotopic (exact) mass is 233 g/mol. The average molecular weight is 233 g/mol. The summed E-state index contributed by atoms with van der Waals surface area (Å²) in [5.41, 5.74) is 4.13. The van der Waals surface area contributed by atoms with Crippen LogP contribution in [0.5, 0.6) is 0 Å². The Morgan fingerprint density at radius 2 is 1.88 bits per heavy atom. The van der Waals surface area contributed by atoms with Crippen LogP contribution in [0.15, 0.2) is 0 Å². The summed E-state index contributed by atoms with van der Waals surface area (Å²) in [7, 11) is 0. The zero-order chi connectivity index (χ0) is 11.7. The fraction of sp³-hybridized carbons (Fsp3) is 0.786. The first-order chi connectivity index (χ1) is 8.36. The van der Waals surface area contributed by atoms with E-state index >= 15 is 0 Å². The van der Waals surface area contributed by atoms with Crippen LogP contribution in [0.1, 0.15) is 73.9 Å². The summed E-state index contributed by atoms with van der Waals surface area (Å²) in [6.45, 7) is 3.41. The molecule has 0 amide bonds. The van der Waals surface area contributed by atoms with Gasteiger partial charge in [-0.1, -0.05) is 19.3 Å². The molecule has 2 N–H and O–H groups in total. The summed E-state index contributed by atoms with van der Waals surface area (Å²) < 4.78 is 0. The maximum atomic E-state index is 4.62. The minimum atomic E-state index is 0.528. The van der Waals surface area contributed by atoms with Crippen LogP contribution in [-0.4, -0.2) is 16.7 Å². The molecule has 1 unspecified atom stereocenters. The third kappa shape index (κ3) is 2.13. The molecular weight excluding hydrogens is 210 g/mol. The summed E-state index contributed by atoms with van der Waals surface area (Å²) in [6, 6.07) is 0.528. The second kappa shape index (κ2) is 4.81. The van der Waals surface area contributed by atoms with Gasteiger partial charge in [-0.3, -0.25) is 5.10 Å². The highest BCUT2D eigenvalue weighted by molar-refractivity contribution is 5.29. The van der Waals surface area contributed by atoms with Gasteiger partial charge in [0.15, 0.2) is 0 Å². The third-order valence-electron chi connectivity index (χ3n) is 4.49. The van der Waals surface area contributed by atoms with E-state index in [1.807, 2.05) is 0 Å². The Bertz CT molecular complexity index is 371. The molecule has 0 radical (unpaired) electrons. The second-order valence-electron chi connectivity index (χ2n) is 5.63. The minimum Gasteiger partial charge on any atom is -0.309 e. The molecule has 0 aromatic carbocycles. The molecular formula is C14H23N3. The van der Waals surface area contributed by atoms with E-state index < -0.39 is 0 Å². The van der Waals surface area contributed by atoms with E-state index in [1.54, 1.807) is 0 Å². The number of hydrogen-bond donors (Lipinski definition) is 2. The molecule has 1 aromatic heterocycles. The summed E-state index contributed by atoms with van der Waals surface area (Å²) in [4.78, 5) is 0. The van der Waals surface area contributed by atoms with Crippen molar-refractivity contribution in [3.8, 4) is 0 Å². The highest BCUT2D eigenvalue weighted by Gasteiger charge is 2.25. The van der Waals surface area contributed by atoms with Crippen molar-refractivity contribution in [2.45, 2.75) is 63.8 Å². The molecule has 2 heterocycles. The number of nitrogens with one attached hydrogen (secondary N) is 2. The van der Waals surface area contributed by atoms with Crippen molar-refractivity contribution in [3.63, 3.8) is 0 Å². The normalized spacial score (nSPS) is 26.5. The zero-order valence-corrected chi connectivity index (χ0v) is 10.8. The van der Waals surface area contributed by atoms with Crippen LogP contribution >= 0.6 is 0 Å². The molecule has 1 aromatic rings. The highest BCUT2D eigenvalue weighted by atomic mass is 15.1. The smallest absolute Gasteiger partial charge is 0.0685 e.